The minimum absolute atomic E-state index is 0.0577. The maximum absolute atomic E-state index is 12.2. The number of amides is 1. The standard InChI is InChI=1S/C16H18ClN3O/c1-10-9-13(17)19-15(18-10)20-14(21)11-5-7-12(8-6-11)16(2,3)4/h5-9H,1-4H3,(H,18,19,20,21). The van der Waals surface area contributed by atoms with E-state index in [1.165, 1.54) is 5.56 Å². The average Bonchev–Trinajstić information content (AvgIpc) is 2.36. The van der Waals surface area contributed by atoms with E-state index < -0.39 is 0 Å². The van der Waals surface area contributed by atoms with E-state index in [9.17, 15) is 4.79 Å². The normalized spacial score (nSPS) is 11.3. The van der Waals surface area contributed by atoms with Gasteiger partial charge in [0, 0.05) is 11.3 Å². The van der Waals surface area contributed by atoms with Gasteiger partial charge in [0.2, 0.25) is 5.95 Å². The molecule has 0 bridgehead atoms. The second-order valence-corrected chi connectivity index (χ2v) is 6.32. The van der Waals surface area contributed by atoms with E-state index in [0.29, 0.717) is 16.4 Å². The summed E-state index contributed by atoms with van der Waals surface area (Å²) >= 11 is 5.85. The Morgan fingerprint density at radius 3 is 2.29 bits per heavy atom. The summed E-state index contributed by atoms with van der Waals surface area (Å²) in [4.78, 5) is 20.3. The summed E-state index contributed by atoms with van der Waals surface area (Å²) in [6, 6.07) is 9.15. The predicted molar refractivity (Wildman–Crippen MR) is 84.9 cm³/mol. The van der Waals surface area contributed by atoms with Crippen LogP contribution in [0.25, 0.3) is 0 Å². The van der Waals surface area contributed by atoms with Crippen LogP contribution in [-0.4, -0.2) is 15.9 Å². The summed E-state index contributed by atoms with van der Waals surface area (Å²) in [6.07, 6.45) is 0. The number of benzene rings is 1. The molecule has 1 amide bonds. The van der Waals surface area contributed by atoms with Crippen LogP contribution < -0.4 is 5.32 Å². The molecule has 0 unspecified atom stereocenters. The zero-order chi connectivity index (χ0) is 15.6. The van der Waals surface area contributed by atoms with Gasteiger partial charge in [-0.2, -0.15) is 0 Å². The first-order valence-electron chi connectivity index (χ1n) is 6.69. The molecule has 4 nitrogen and oxygen atoms in total. The van der Waals surface area contributed by atoms with Gasteiger partial charge in [-0.25, -0.2) is 9.97 Å². The van der Waals surface area contributed by atoms with E-state index >= 15 is 0 Å². The molecule has 2 aromatic rings. The fourth-order valence-corrected chi connectivity index (χ4v) is 2.12. The number of hydrogen-bond donors (Lipinski definition) is 1. The van der Waals surface area contributed by atoms with Gasteiger partial charge < -0.3 is 0 Å². The number of aromatic nitrogens is 2. The lowest BCUT2D eigenvalue weighted by Crippen LogP contribution is -2.16. The third kappa shape index (κ3) is 4.02. The number of aryl methyl sites for hydroxylation is 1. The molecule has 5 heteroatoms. The number of hydrogen-bond acceptors (Lipinski definition) is 3. The van der Waals surface area contributed by atoms with Gasteiger partial charge in [0.15, 0.2) is 0 Å². The summed E-state index contributed by atoms with van der Waals surface area (Å²) < 4.78 is 0. The first-order chi connectivity index (χ1) is 9.75. The molecular weight excluding hydrogens is 286 g/mol. The monoisotopic (exact) mass is 303 g/mol. The van der Waals surface area contributed by atoms with Crippen LogP contribution in [-0.2, 0) is 5.41 Å². The molecule has 0 spiro atoms. The van der Waals surface area contributed by atoms with Crippen LogP contribution in [0.15, 0.2) is 30.3 Å². The Kier molecular flexibility index (Phi) is 4.28. The molecule has 1 N–H and O–H groups in total. The van der Waals surface area contributed by atoms with Crippen LogP contribution in [0.3, 0.4) is 0 Å². The Labute approximate surface area is 129 Å². The molecule has 0 aliphatic heterocycles. The Hall–Kier alpha value is -1.94. The van der Waals surface area contributed by atoms with Crippen LogP contribution in [0.2, 0.25) is 5.15 Å². The van der Waals surface area contributed by atoms with E-state index in [1.54, 1.807) is 25.1 Å². The largest absolute Gasteiger partial charge is 0.290 e. The first-order valence-corrected chi connectivity index (χ1v) is 7.06. The summed E-state index contributed by atoms with van der Waals surface area (Å²) in [5.41, 5.74) is 2.49. The molecule has 0 aliphatic carbocycles. The molecule has 0 aliphatic rings. The Morgan fingerprint density at radius 2 is 1.76 bits per heavy atom. The number of anilines is 1. The second-order valence-electron chi connectivity index (χ2n) is 5.94. The fraction of sp³-hybridized carbons (Fsp3) is 0.312. The highest BCUT2D eigenvalue weighted by Crippen LogP contribution is 2.22. The molecule has 0 saturated heterocycles. The van der Waals surface area contributed by atoms with Crippen LogP contribution >= 0.6 is 11.6 Å². The highest BCUT2D eigenvalue weighted by molar-refractivity contribution is 6.29. The lowest BCUT2D eigenvalue weighted by atomic mass is 9.87. The number of carbonyl (C=O) groups is 1. The van der Waals surface area contributed by atoms with Gasteiger partial charge in [-0.1, -0.05) is 44.5 Å². The van der Waals surface area contributed by atoms with E-state index in [-0.39, 0.29) is 17.3 Å². The minimum Gasteiger partial charge on any atom is -0.290 e. The summed E-state index contributed by atoms with van der Waals surface area (Å²) in [5.74, 6) is -0.0398. The van der Waals surface area contributed by atoms with Crippen molar-refractivity contribution < 1.29 is 4.79 Å². The Morgan fingerprint density at radius 1 is 1.14 bits per heavy atom. The van der Waals surface area contributed by atoms with Gasteiger partial charge in [-0.3, -0.25) is 10.1 Å². The topological polar surface area (TPSA) is 54.9 Å². The Balaban J connectivity index is 2.17. The van der Waals surface area contributed by atoms with Gasteiger partial charge in [0.25, 0.3) is 5.91 Å². The second kappa shape index (κ2) is 5.82. The van der Waals surface area contributed by atoms with Crippen molar-refractivity contribution in [2.45, 2.75) is 33.1 Å². The third-order valence-corrected chi connectivity index (χ3v) is 3.26. The molecule has 2 rings (SSSR count). The van der Waals surface area contributed by atoms with Crippen LogP contribution in [0.4, 0.5) is 5.95 Å². The van der Waals surface area contributed by atoms with Gasteiger partial charge in [-0.15, -0.1) is 0 Å². The maximum Gasteiger partial charge on any atom is 0.258 e. The summed E-state index contributed by atoms with van der Waals surface area (Å²) in [7, 11) is 0. The van der Waals surface area contributed by atoms with Crippen molar-refractivity contribution in [2.24, 2.45) is 0 Å². The van der Waals surface area contributed by atoms with Crippen LogP contribution in [0.5, 0.6) is 0 Å². The number of halogens is 1. The van der Waals surface area contributed by atoms with Crippen molar-refractivity contribution in [2.75, 3.05) is 5.32 Å². The van der Waals surface area contributed by atoms with E-state index in [4.69, 9.17) is 11.6 Å². The quantitative estimate of drug-likeness (QED) is 0.854. The summed E-state index contributed by atoms with van der Waals surface area (Å²) in [6.45, 7) is 8.18. The third-order valence-electron chi connectivity index (χ3n) is 3.06. The molecule has 1 aromatic carbocycles. The molecule has 0 saturated carbocycles. The zero-order valence-corrected chi connectivity index (χ0v) is 13.3. The molecular formula is C16H18ClN3O. The zero-order valence-electron chi connectivity index (χ0n) is 12.6. The first kappa shape index (κ1) is 15.4. The van der Waals surface area contributed by atoms with E-state index in [0.717, 1.165) is 0 Å². The lowest BCUT2D eigenvalue weighted by molar-refractivity contribution is 0.102. The van der Waals surface area contributed by atoms with Crippen molar-refractivity contribution in [3.05, 3.63) is 52.3 Å². The van der Waals surface area contributed by atoms with Crippen molar-refractivity contribution in [1.29, 1.82) is 0 Å². The number of carbonyl (C=O) groups excluding carboxylic acids is 1. The minimum atomic E-state index is -0.253. The molecule has 1 heterocycles. The Bertz CT molecular complexity index is 640. The van der Waals surface area contributed by atoms with Crippen LogP contribution in [0, 0.1) is 6.92 Å². The van der Waals surface area contributed by atoms with Gasteiger partial charge >= 0.3 is 0 Å². The van der Waals surface area contributed by atoms with Crippen molar-refractivity contribution in [1.82, 2.24) is 9.97 Å². The van der Waals surface area contributed by atoms with Crippen molar-refractivity contribution >= 4 is 23.5 Å². The average molecular weight is 304 g/mol. The highest BCUT2D eigenvalue weighted by atomic mass is 35.5. The number of nitrogens with one attached hydrogen (secondary N) is 1. The molecule has 21 heavy (non-hydrogen) atoms. The number of rotatable bonds is 2. The van der Waals surface area contributed by atoms with Crippen molar-refractivity contribution in [3.63, 3.8) is 0 Å². The van der Waals surface area contributed by atoms with Crippen molar-refractivity contribution in [3.8, 4) is 0 Å². The highest BCUT2D eigenvalue weighted by Gasteiger charge is 2.14. The lowest BCUT2D eigenvalue weighted by Gasteiger charge is -2.19. The maximum atomic E-state index is 12.2. The predicted octanol–water partition coefficient (Wildman–Crippen LogP) is 3.99. The molecule has 0 radical (unpaired) electrons. The smallest absolute Gasteiger partial charge is 0.258 e. The van der Waals surface area contributed by atoms with E-state index in [2.05, 4.69) is 36.1 Å². The fourth-order valence-electron chi connectivity index (χ4n) is 1.88. The SMILES string of the molecule is Cc1cc(Cl)nc(NC(=O)c2ccc(C(C)(C)C)cc2)n1. The molecule has 1 aromatic heterocycles. The number of nitrogens with zero attached hydrogens (tertiary/aromatic N) is 2. The van der Waals surface area contributed by atoms with E-state index in [1.807, 2.05) is 12.1 Å². The van der Waals surface area contributed by atoms with Gasteiger partial charge in [0.05, 0.1) is 0 Å². The molecule has 0 atom stereocenters. The van der Waals surface area contributed by atoms with Crippen LogP contribution in [0.1, 0.15) is 42.4 Å². The summed E-state index contributed by atoms with van der Waals surface area (Å²) in [5, 5.41) is 2.96. The van der Waals surface area contributed by atoms with Gasteiger partial charge in [-0.05, 0) is 36.1 Å². The molecule has 110 valence electrons. The molecule has 0 fully saturated rings. The van der Waals surface area contributed by atoms with Gasteiger partial charge in [0.1, 0.15) is 5.15 Å².